The molecular formula is C17H15FN2OS. The first-order chi connectivity index (χ1) is 10.5. The zero-order chi connectivity index (χ0) is 15.9. The van der Waals surface area contributed by atoms with Gasteiger partial charge in [0.25, 0.3) is 5.91 Å². The van der Waals surface area contributed by atoms with Crippen LogP contribution in [0.2, 0.25) is 0 Å². The molecule has 0 bridgehead atoms. The first-order valence-corrected chi connectivity index (χ1v) is 7.69. The van der Waals surface area contributed by atoms with Crippen molar-refractivity contribution in [3.8, 4) is 0 Å². The van der Waals surface area contributed by atoms with Crippen LogP contribution in [0.5, 0.6) is 0 Å². The highest BCUT2D eigenvalue weighted by molar-refractivity contribution is 7.16. The lowest BCUT2D eigenvalue weighted by molar-refractivity contribution is 0.0994. The van der Waals surface area contributed by atoms with Gasteiger partial charge in [-0.25, -0.2) is 4.39 Å². The Kier molecular flexibility index (Phi) is 3.66. The maximum atomic E-state index is 13.7. The second kappa shape index (κ2) is 5.50. The summed E-state index contributed by atoms with van der Waals surface area (Å²) < 4.78 is 16.6. The molecule has 0 aliphatic heterocycles. The second-order valence-electron chi connectivity index (χ2n) is 5.24. The fourth-order valence-corrected chi connectivity index (χ4v) is 3.36. The van der Waals surface area contributed by atoms with Gasteiger partial charge in [-0.15, -0.1) is 0 Å². The van der Waals surface area contributed by atoms with Crippen molar-refractivity contribution < 1.29 is 9.18 Å². The number of carbonyl (C=O) groups is 1. The van der Waals surface area contributed by atoms with Gasteiger partial charge in [0.15, 0.2) is 4.80 Å². The molecule has 0 spiro atoms. The summed E-state index contributed by atoms with van der Waals surface area (Å²) in [5.74, 6) is -1.11. The predicted molar refractivity (Wildman–Crippen MR) is 86.6 cm³/mol. The number of aromatic nitrogens is 1. The molecule has 3 rings (SSSR count). The Hall–Kier alpha value is -2.27. The van der Waals surface area contributed by atoms with Crippen LogP contribution in [0.15, 0.2) is 41.4 Å². The van der Waals surface area contributed by atoms with E-state index in [1.54, 1.807) is 12.1 Å². The molecule has 0 aliphatic carbocycles. The number of nitrogens with zero attached hydrogens (tertiary/aromatic N) is 2. The Balaban J connectivity index is 2.16. The quantitative estimate of drug-likeness (QED) is 0.674. The molecule has 3 nitrogen and oxygen atoms in total. The van der Waals surface area contributed by atoms with Gasteiger partial charge in [-0.1, -0.05) is 23.5 Å². The second-order valence-corrected chi connectivity index (χ2v) is 6.25. The molecule has 0 fully saturated rings. The SMILES string of the molecule is Cc1cc2sc(=NC(=O)c3ccccc3F)n(C)c2cc1C. The topological polar surface area (TPSA) is 34.4 Å². The molecule has 3 aromatic rings. The average Bonchev–Trinajstić information content (AvgIpc) is 2.76. The number of hydrogen-bond donors (Lipinski definition) is 0. The fourth-order valence-electron chi connectivity index (χ4n) is 2.27. The monoisotopic (exact) mass is 314 g/mol. The van der Waals surface area contributed by atoms with Crippen LogP contribution in [-0.4, -0.2) is 10.5 Å². The Labute approximate surface area is 131 Å². The Morgan fingerprint density at radius 1 is 1.18 bits per heavy atom. The van der Waals surface area contributed by atoms with Gasteiger partial charge in [-0.3, -0.25) is 4.79 Å². The fraction of sp³-hybridized carbons (Fsp3) is 0.176. The van der Waals surface area contributed by atoms with E-state index in [0.29, 0.717) is 4.80 Å². The molecule has 0 N–H and O–H groups in total. The molecule has 0 radical (unpaired) electrons. The number of amides is 1. The molecule has 0 saturated heterocycles. The number of fused-ring (bicyclic) bond motifs is 1. The molecule has 1 aromatic heterocycles. The average molecular weight is 314 g/mol. The molecule has 5 heteroatoms. The minimum Gasteiger partial charge on any atom is -0.319 e. The third-order valence-corrected chi connectivity index (χ3v) is 4.82. The molecule has 1 amide bonds. The van der Waals surface area contributed by atoms with Gasteiger partial charge in [0.05, 0.1) is 15.8 Å². The lowest BCUT2D eigenvalue weighted by Crippen LogP contribution is -2.13. The number of aryl methyl sites for hydroxylation is 3. The molecule has 22 heavy (non-hydrogen) atoms. The van der Waals surface area contributed by atoms with E-state index < -0.39 is 11.7 Å². The van der Waals surface area contributed by atoms with Crippen LogP contribution in [0.25, 0.3) is 10.2 Å². The minimum absolute atomic E-state index is 0.00711. The van der Waals surface area contributed by atoms with Gasteiger partial charge >= 0.3 is 0 Å². The van der Waals surface area contributed by atoms with Crippen molar-refractivity contribution in [2.45, 2.75) is 13.8 Å². The van der Waals surface area contributed by atoms with E-state index >= 15 is 0 Å². The molecule has 112 valence electrons. The molecule has 1 heterocycles. The van der Waals surface area contributed by atoms with Crippen LogP contribution in [-0.2, 0) is 7.05 Å². The number of rotatable bonds is 1. The van der Waals surface area contributed by atoms with Crippen molar-refractivity contribution in [3.05, 3.63) is 63.7 Å². The van der Waals surface area contributed by atoms with Crippen LogP contribution < -0.4 is 4.80 Å². The van der Waals surface area contributed by atoms with Gasteiger partial charge < -0.3 is 4.57 Å². The highest BCUT2D eigenvalue weighted by Gasteiger charge is 2.11. The van der Waals surface area contributed by atoms with Gasteiger partial charge in [0.1, 0.15) is 5.82 Å². The standard InChI is InChI=1S/C17H15FN2OS/c1-10-8-14-15(9-11(10)2)22-17(20(14)3)19-16(21)12-6-4-5-7-13(12)18/h4-9H,1-3H3. The zero-order valence-corrected chi connectivity index (χ0v) is 13.4. The van der Waals surface area contributed by atoms with Crippen molar-refractivity contribution in [2.24, 2.45) is 12.0 Å². The molecule has 0 atom stereocenters. The summed E-state index contributed by atoms with van der Waals surface area (Å²) in [6, 6.07) is 10.1. The van der Waals surface area contributed by atoms with E-state index in [0.717, 1.165) is 10.2 Å². The summed E-state index contributed by atoms with van der Waals surface area (Å²) in [6.07, 6.45) is 0. The maximum Gasteiger partial charge on any atom is 0.282 e. The van der Waals surface area contributed by atoms with E-state index in [1.165, 1.54) is 34.6 Å². The minimum atomic E-state index is -0.561. The molecule has 2 aromatic carbocycles. The smallest absolute Gasteiger partial charge is 0.282 e. The molecule has 0 unspecified atom stereocenters. The van der Waals surface area contributed by atoms with Crippen LogP contribution >= 0.6 is 11.3 Å². The van der Waals surface area contributed by atoms with Crippen LogP contribution in [0.1, 0.15) is 21.5 Å². The van der Waals surface area contributed by atoms with E-state index in [9.17, 15) is 9.18 Å². The number of thiazole rings is 1. The number of carbonyl (C=O) groups excluding carboxylic acids is 1. The first-order valence-electron chi connectivity index (χ1n) is 6.88. The third-order valence-electron chi connectivity index (χ3n) is 3.73. The maximum absolute atomic E-state index is 13.7. The Morgan fingerprint density at radius 2 is 1.86 bits per heavy atom. The van der Waals surface area contributed by atoms with Gasteiger partial charge in [-0.2, -0.15) is 4.99 Å². The van der Waals surface area contributed by atoms with Crippen LogP contribution in [0, 0.1) is 19.7 Å². The number of benzene rings is 2. The Morgan fingerprint density at radius 3 is 2.59 bits per heavy atom. The van der Waals surface area contributed by atoms with Crippen molar-refractivity contribution in [1.82, 2.24) is 4.57 Å². The lowest BCUT2D eigenvalue weighted by Gasteiger charge is -2.01. The summed E-state index contributed by atoms with van der Waals surface area (Å²) in [7, 11) is 1.86. The highest BCUT2D eigenvalue weighted by atomic mass is 32.1. The highest BCUT2D eigenvalue weighted by Crippen LogP contribution is 2.21. The first kappa shape index (κ1) is 14.7. The molecule has 0 saturated carbocycles. The van der Waals surface area contributed by atoms with Gasteiger partial charge in [0.2, 0.25) is 0 Å². The van der Waals surface area contributed by atoms with Gasteiger partial charge in [-0.05, 0) is 49.2 Å². The van der Waals surface area contributed by atoms with Crippen LogP contribution in [0.4, 0.5) is 4.39 Å². The van der Waals surface area contributed by atoms with Crippen molar-refractivity contribution in [3.63, 3.8) is 0 Å². The van der Waals surface area contributed by atoms with E-state index in [4.69, 9.17) is 0 Å². The normalized spacial score (nSPS) is 12.1. The predicted octanol–water partition coefficient (Wildman–Crippen LogP) is 3.74. The largest absolute Gasteiger partial charge is 0.319 e. The Bertz CT molecular complexity index is 953. The van der Waals surface area contributed by atoms with E-state index in [-0.39, 0.29) is 5.56 Å². The van der Waals surface area contributed by atoms with E-state index in [1.807, 2.05) is 18.5 Å². The number of hydrogen-bond acceptors (Lipinski definition) is 2. The summed E-state index contributed by atoms with van der Waals surface area (Å²) in [5, 5.41) is 0. The molecular weight excluding hydrogens is 299 g/mol. The van der Waals surface area contributed by atoms with Crippen molar-refractivity contribution >= 4 is 27.5 Å². The molecule has 0 aliphatic rings. The lowest BCUT2D eigenvalue weighted by atomic mass is 10.1. The van der Waals surface area contributed by atoms with Crippen molar-refractivity contribution in [2.75, 3.05) is 0 Å². The number of halogens is 1. The summed E-state index contributed by atoms with van der Waals surface area (Å²) >= 11 is 1.43. The van der Waals surface area contributed by atoms with E-state index in [2.05, 4.69) is 24.0 Å². The van der Waals surface area contributed by atoms with Gasteiger partial charge in [0, 0.05) is 7.05 Å². The van der Waals surface area contributed by atoms with Crippen molar-refractivity contribution in [1.29, 1.82) is 0 Å². The van der Waals surface area contributed by atoms with Crippen LogP contribution in [0.3, 0.4) is 0 Å². The zero-order valence-electron chi connectivity index (χ0n) is 12.6. The third kappa shape index (κ3) is 2.48. The summed E-state index contributed by atoms with van der Waals surface area (Å²) in [4.78, 5) is 16.8. The summed E-state index contributed by atoms with van der Waals surface area (Å²) in [5.41, 5.74) is 3.40. The summed E-state index contributed by atoms with van der Waals surface area (Å²) in [6.45, 7) is 4.10.